The van der Waals surface area contributed by atoms with Gasteiger partial charge < -0.3 is 54.0 Å². The molecule has 4 amide bonds. The quantitative estimate of drug-likeness (QED) is 0.0663. The van der Waals surface area contributed by atoms with Crippen LogP contribution >= 0.6 is 0 Å². The first-order chi connectivity index (χ1) is 26.0. The van der Waals surface area contributed by atoms with Gasteiger partial charge in [-0.25, -0.2) is 19.6 Å². The van der Waals surface area contributed by atoms with Crippen LogP contribution < -0.4 is 43.8 Å². The molecule has 0 fully saturated rings. The molecule has 0 bridgehead atoms. The van der Waals surface area contributed by atoms with Gasteiger partial charge in [-0.3, -0.25) is 19.2 Å². The third-order valence-corrected chi connectivity index (χ3v) is 8.22. The van der Waals surface area contributed by atoms with Crippen LogP contribution in [0.4, 0.5) is 23.1 Å². The second-order valence-corrected chi connectivity index (χ2v) is 12.7. The van der Waals surface area contributed by atoms with E-state index in [0.717, 1.165) is 6.07 Å². The monoisotopic (exact) mass is 758 g/mol. The molecule has 0 aliphatic carbocycles. The SMILES string of the molecule is CC(C)[C@H](N)C(=O)N[C@@H](C)C(=O)Nc1ccc(C(=O)O)c(C(=O)NCCC[C@H](NC(=O)c2ccc(NCc3cnc4nc(N)nc(N)c4n3)cc2)C(=O)O)c1. The van der Waals surface area contributed by atoms with E-state index in [4.69, 9.17) is 17.2 Å². The van der Waals surface area contributed by atoms with E-state index in [1.165, 1.54) is 37.4 Å². The summed E-state index contributed by atoms with van der Waals surface area (Å²) < 4.78 is 0. The van der Waals surface area contributed by atoms with Crippen LogP contribution in [0.3, 0.4) is 0 Å². The van der Waals surface area contributed by atoms with Crippen molar-refractivity contribution in [2.45, 2.75) is 58.3 Å². The summed E-state index contributed by atoms with van der Waals surface area (Å²) in [6.07, 6.45) is 1.54. The number of nitrogens with two attached hydrogens (primary N) is 3. The van der Waals surface area contributed by atoms with Crippen molar-refractivity contribution < 1.29 is 39.0 Å². The third-order valence-electron chi connectivity index (χ3n) is 8.22. The molecular formula is C35H42N12O8. The Bertz CT molecular complexity index is 2090. The van der Waals surface area contributed by atoms with Gasteiger partial charge in [-0.05, 0) is 68.1 Å². The Kier molecular flexibility index (Phi) is 13.5. The number of anilines is 4. The minimum Gasteiger partial charge on any atom is -0.480 e. The van der Waals surface area contributed by atoms with Gasteiger partial charge in [0.25, 0.3) is 11.8 Å². The molecular weight excluding hydrogens is 716 g/mol. The normalized spacial score (nSPS) is 12.6. The van der Waals surface area contributed by atoms with Gasteiger partial charge in [-0.15, -0.1) is 0 Å². The first-order valence-corrected chi connectivity index (χ1v) is 17.0. The van der Waals surface area contributed by atoms with Crippen molar-refractivity contribution in [3.8, 4) is 0 Å². The molecule has 13 N–H and O–H groups in total. The number of carbonyl (C=O) groups is 6. The number of benzene rings is 2. The van der Waals surface area contributed by atoms with Crippen LogP contribution in [-0.4, -0.2) is 90.4 Å². The summed E-state index contributed by atoms with van der Waals surface area (Å²) in [4.78, 5) is 91.1. The Morgan fingerprint density at radius 2 is 1.51 bits per heavy atom. The molecule has 2 aromatic heterocycles. The van der Waals surface area contributed by atoms with Crippen LogP contribution in [0.5, 0.6) is 0 Å². The standard InChI is InChI=1S/C35H42N12O8/c1-16(2)25(36)32(51)42-17(3)29(48)44-20-10-11-22(33(52)53)23(13-20)31(50)39-12-4-5-24(34(54)55)45-30(49)18-6-8-19(9-7-18)40-14-21-15-41-28-26(43-21)27(37)46-35(38)47-28/h6-11,13,15-17,24-25,40H,4-5,12,14,36H2,1-3H3,(H,39,50)(H,42,51)(H,44,48)(H,45,49)(H,52,53)(H,54,55)(H4,37,38,41,46,47)/t17-,24-,25-/m0/s1. The topological polar surface area (TPSA) is 333 Å². The molecule has 290 valence electrons. The zero-order valence-corrected chi connectivity index (χ0v) is 30.1. The van der Waals surface area contributed by atoms with Gasteiger partial charge >= 0.3 is 11.9 Å². The molecule has 2 heterocycles. The molecule has 20 nitrogen and oxygen atoms in total. The van der Waals surface area contributed by atoms with E-state index in [1.54, 1.807) is 26.0 Å². The summed E-state index contributed by atoms with van der Waals surface area (Å²) in [5.41, 5.74) is 18.7. The second-order valence-electron chi connectivity index (χ2n) is 12.7. The average Bonchev–Trinajstić information content (AvgIpc) is 3.14. The summed E-state index contributed by atoms with van der Waals surface area (Å²) in [6.45, 7) is 5.14. The lowest BCUT2D eigenvalue weighted by Crippen LogP contribution is -2.50. The van der Waals surface area contributed by atoms with Crippen LogP contribution in [0.2, 0.25) is 0 Å². The highest BCUT2D eigenvalue weighted by atomic mass is 16.4. The number of hydrogen-bond acceptors (Lipinski definition) is 14. The minimum atomic E-state index is -1.39. The van der Waals surface area contributed by atoms with E-state index in [1.807, 2.05) is 0 Å². The maximum Gasteiger partial charge on any atom is 0.336 e. The van der Waals surface area contributed by atoms with Gasteiger partial charge in [0.15, 0.2) is 17.0 Å². The van der Waals surface area contributed by atoms with Crippen molar-refractivity contribution in [3.63, 3.8) is 0 Å². The van der Waals surface area contributed by atoms with Crippen molar-refractivity contribution in [2.75, 3.05) is 28.6 Å². The van der Waals surface area contributed by atoms with E-state index < -0.39 is 53.7 Å². The lowest BCUT2D eigenvalue weighted by molar-refractivity contribution is -0.139. The number of carbonyl (C=O) groups excluding carboxylic acids is 4. The Hall–Kier alpha value is -6.96. The van der Waals surface area contributed by atoms with Gasteiger partial charge in [0, 0.05) is 23.5 Å². The van der Waals surface area contributed by atoms with E-state index in [-0.39, 0.29) is 71.6 Å². The molecule has 0 saturated heterocycles. The lowest BCUT2D eigenvalue weighted by Gasteiger charge is -2.19. The number of aliphatic carboxylic acids is 1. The fourth-order valence-electron chi connectivity index (χ4n) is 5.03. The summed E-state index contributed by atoms with van der Waals surface area (Å²) in [7, 11) is 0. The van der Waals surface area contributed by atoms with E-state index in [9.17, 15) is 39.0 Å². The summed E-state index contributed by atoms with van der Waals surface area (Å²) in [6, 6.07) is 6.76. The Balaban J connectivity index is 1.28. The van der Waals surface area contributed by atoms with Crippen LogP contribution in [0.1, 0.15) is 70.4 Å². The number of carboxylic acid groups (broad SMARTS) is 2. The number of rotatable bonds is 17. The van der Waals surface area contributed by atoms with Gasteiger partial charge in [-0.1, -0.05) is 13.8 Å². The van der Waals surface area contributed by atoms with E-state index >= 15 is 0 Å². The number of aromatic nitrogens is 4. The third kappa shape index (κ3) is 11.0. The number of nitrogens with zero attached hydrogens (tertiary/aromatic N) is 4. The lowest BCUT2D eigenvalue weighted by atomic mass is 10.0. The first kappa shape index (κ1) is 40.8. The van der Waals surface area contributed by atoms with Crippen LogP contribution in [0, 0.1) is 5.92 Å². The molecule has 2 aromatic carbocycles. The molecule has 0 spiro atoms. The molecule has 4 rings (SSSR count). The largest absolute Gasteiger partial charge is 0.480 e. The number of aromatic carboxylic acids is 1. The van der Waals surface area contributed by atoms with Crippen molar-refractivity contribution in [1.29, 1.82) is 0 Å². The van der Waals surface area contributed by atoms with Crippen LogP contribution in [-0.2, 0) is 20.9 Å². The molecule has 55 heavy (non-hydrogen) atoms. The van der Waals surface area contributed by atoms with Crippen molar-refractivity contribution >= 4 is 69.9 Å². The summed E-state index contributed by atoms with van der Waals surface area (Å²) >= 11 is 0. The molecule has 20 heteroatoms. The average molecular weight is 759 g/mol. The van der Waals surface area contributed by atoms with Gasteiger partial charge in [0.2, 0.25) is 17.8 Å². The molecule has 0 saturated carbocycles. The van der Waals surface area contributed by atoms with Gasteiger partial charge in [0.1, 0.15) is 12.1 Å². The number of fused-ring (bicyclic) bond motifs is 1. The maximum atomic E-state index is 13.0. The van der Waals surface area contributed by atoms with Gasteiger partial charge in [0.05, 0.1) is 35.6 Å². The fraction of sp³-hybridized carbons (Fsp3) is 0.314. The van der Waals surface area contributed by atoms with Crippen molar-refractivity contribution in [3.05, 3.63) is 71.0 Å². The fourth-order valence-corrected chi connectivity index (χ4v) is 5.03. The zero-order chi connectivity index (χ0) is 40.4. The number of hydrogen-bond donors (Lipinski definition) is 10. The molecule has 3 atom stereocenters. The Labute approximate surface area is 314 Å². The highest BCUT2D eigenvalue weighted by Crippen LogP contribution is 2.18. The Morgan fingerprint density at radius 1 is 0.818 bits per heavy atom. The Morgan fingerprint density at radius 3 is 2.16 bits per heavy atom. The second kappa shape index (κ2) is 18.2. The number of nitrogen functional groups attached to an aromatic ring is 2. The number of amides is 4. The summed E-state index contributed by atoms with van der Waals surface area (Å²) in [5.74, 6) is -5.35. The zero-order valence-electron chi connectivity index (χ0n) is 30.1. The number of nitrogens with one attached hydrogen (secondary N) is 5. The maximum absolute atomic E-state index is 13.0. The van der Waals surface area contributed by atoms with Gasteiger partial charge in [-0.2, -0.15) is 9.97 Å². The van der Waals surface area contributed by atoms with Crippen molar-refractivity contribution in [1.82, 2.24) is 35.9 Å². The number of carboxylic acids is 2. The first-order valence-electron chi connectivity index (χ1n) is 17.0. The molecule has 0 radical (unpaired) electrons. The van der Waals surface area contributed by atoms with E-state index in [0.29, 0.717) is 16.9 Å². The van der Waals surface area contributed by atoms with E-state index in [2.05, 4.69) is 46.5 Å². The predicted octanol–water partition coefficient (Wildman–Crippen LogP) is 0.714. The smallest absolute Gasteiger partial charge is 0.336 e. The molecule has 0 unspecified atom stereocenters. The molecule has 4 aromatic rings. The molecule has 0 aliphatic rings. The van der Waals surface area contributed by atoms with Crippen LogP contribution in [0.15, 0.2) is 48.7 Å². The highest BCUT2D eigenvalue weighted by Gasteiger charge is 2.24. The highest BCUT2D eigenvalue weighted by molar-refractivity contribution is 6.06. The summed E-state index contributed by atoms with van der Waals surface area (Å²) in [5, 5.41) is 32.6. The predicted molar refractivity (Wildman–Crippen MR) is 201 cm³/mol. The van der Waals surface area contributed by atoms with Crippen molar-refractivity contribution in [2.24, 2.45) is 11.7 Å². The molecule has 0 aliphatic heterocycles. The van der Waals surface area contributed by atoms with Crippen LogP contribution in [0.25, 0.3) is 11.2 Å². The minimum absolute atomic E-state index is 0.0150.